The normalized spacial score (nSPS) is 23.6. The van der Waals surface area contributed by atoms with Crippen LogP contribution in [0.1, 0.15) is 20.8 Å². The topological polar surface area (TPSA) is 0 Å². The fraction of sp³-hybridized carbons (Fsp3) is 0.143. The molecule has 2 aromatic rings. The van der Waals surface area contributed by atoms with Crippen LogP contribution in [-0.4, -0.2) is 0 Å². The van der Waals surface area contributed by atoms with Crippen molar-refractivity contribution < 1.29 is 0 Å². The molecule has 2 atom stereocenters. The minimum Gasteiger partial charge on any atom is -0.0823 e. The van der Waals surface area contributed by atoms with Gasteiger partial charge in [0.25, 0.3) is 0 Å². The van der Waals surface area contributed by atoms with Crippen LogP contribution in [0.15, 0.2) is 36.4 Å². The zero-order chi connectivity index (χ0) is 10.9. The number of hydrogen-bond donors (Lipinski definition) is 0. The zero-order valence-electron chi connectivity index (χ0n) is 8.37. The van der Waals surface area contributed by atoms with E-state index in [-0.39, 0.29) is 0 Å². The van der Waals surface area contributed by atoms with Crippen LogP contribution in [0.5, 0.6) is 0 Å². The Balaban J connectivity index is 2.02. The molecule has 2 aliphatic rings. The lowest BCUT2D eigenvalue weighted by molar-refractivity contribution is 0.822. The van der Waals surface area contributed by atoms with Crippen molar-refractivity contribution in [3.8, 4) is 22.3 Å². The molecule has 0 amide bonds. The Labute approximate surface area is 111 Å². The van der Waals surface area contributed by atoms with Gasteiger partial charge in [0, 0.05) is 0 Å². The molecule has 0 saturated heterocycles. The first kappa shape index (κ1) is 9.43. The molecular weight excluding hydrogens is 328 g/mol. The van der Waals surface area contributed by atoms with E-state index in [1.54, 1.807) is 0 Å². The molecule has 0 N–H and O–H groups in total. The summed E-state index contributed by atoms with van der Waals surface area (Å²) in [5, 5.41) is 0. The maximum Gasteiger partial charge on any atom is 0.0570 e. The summed E-state index contributed by atoms with van der Waals surface area (Å²) >= 11 is 7.45. The van der Waals surface area contributed by atoms with Crippen LogP contribution in [0.25, 0.3) is 22.3 Å². The SMILES string of the molecule is Br[C@H]1c2ccc3c(c2[C@@H]1Br)-c1ccccc1-3. The van der Waals surface area contributed by atoms with Crippen molar-refractivity contribution in [2.24, 2.45) is 0 Å². The van der Waals surface area contributed by atoms with E-state index in [0.717, 1.165) is 0 Å². The van der Waals surface area contributed by atoms with Crippen molar-refractivity contribution >= 4 is 31.9 Å². The maximum atomic E-state index is 3.75. The van der Waals surface area contributed by atoms with E-state index < -0.39 is 0 Å². The largest absolute Gasteiger partial charge is 0.0823 e. The van der Waals surface area contributed by atoms with Gasteiger partial charge in [0.05, 0.1) is 9.65 Å². The third kappa shape index (κ3) is 0.917. The Hall–Kier alpha value is -0.600. The quantitative estimate of drug-likeness (QED) is 0.494. The van der Waals surface area contributed by atoms with Gasteiger partial charge < -0.3 is 0 Å². The molecule has 0 spiro atoms. The van der Waals surface area contributed by atoms with Gasteiger partial charge in [0.1, 0.15) is 0 Å². The molecule has 2 aliphatic carbocycles. The van der Waals surface area contributed by atoms with E-state index in [0.29, 0.717) is 9.65 Å². The van der Waals surface area contributed by atoms with Crippen LogP contribution in [-0.2, 0) is 0 Å². The molecule has 78 valence electrons. The fourth-order valence-electron chi connectivity index (χ4n) is 2.77. The molecule has 0 heterocycles. The highest BCUT2D eigenvalue weighted by Crippen LogP contribution is 2.62. The number of rotatable bonds is 0. The Morgan fingerprint density at radius 1 is 0.750 bits per heavy atom. The standard InChI is InChI=1S/C14H8Br2/c15-13-10-6-5-9-7-3-1-2-4-8(7)11(9)12(10)14(13)16/h1-6,13-14H/t13-,14-/m0/s1. The predicted molar refractivity (Wildman–Crippen MR) is 74.2 cm³/mol. The number of halogens is 2. The highest BCUT2D eigenvalue weighted by Gasteiger charge is 2.40. The summed E-state index contributed by atoms with van der Waals surface area (Å²) in [6.45, 7) is 0. The summed E-state index contributed by atoms with van der Waals surface area (Å²) in [4.78, 5) is 0.936. The second-order valence-corrected chi connectivity index (χ2v) is 6.31. The summed E-state index contributed by atoms with van der Waals surface area (Å²) in [5.41, 5.74) is 8.62. The first-order valence-electron chi connectivity index (χ1n) is 5.34. The summed E-state index contributed by atoms with van der Waals surface area (Å²) in [6, 6.07) is 13.2. The van der Waals surface area contributed by atoms with Crippen LogP contribution in [0.3, 0.4) is 0 Å². The van der Waals surface area contributed by atoms with Crippen LogP contribution < -0.4 is 0 Å². The van der Waals surface area contributed by atoms with Gasteiger partial charge in [0.2, 0.25) is 0 Å². The van der Waals surface area contributed by atoms with E-state index in [4.69, 9.17) is 0 Å². The lowest BCUT2D eigenvalue weighted by Gasteiger charge is -2.39. The Morgan fingerprint density at radius 3 is 2.31 bits per heavy atom. The Kier molecular flexibility index (Phi) is 1.76. The van der Waals surface area contributed by atoms with Crippen LogP contribution in [0.2, 0.25) is 0 Å². The van der Waals surface area contributed by atoms with Gasteiger partial charge in [-0.3, -0.25) is 0 Å². The number of hydrogen-bond acceptors (Lipinski definition) is 0. The van der Waals surface area contributed by atoms with Gasteiger partial charge in [-0.1, -0.05) is 68.3 Å². The molecule has 0 bridgehead atoms. The van der Waals surface area contributed by atoms with Crippen LogP contribution in [0.4, 0.5) is 0 Å². The van der Waals surface area contributed by atoms with Crippen molar-refractivity contribution in [1.82, 2.24) is 0 Å². The predicted octanol–water partition coefficient (Wildman–Crippen LogP) is 5.22. The van der Waals surface area contributed by atoms with Crippen LogP contribution >= 0.6 is 31.9 Å². The van der Waals surface area contributed by atoms with Crippen molar-refractivity contribution in [3.63, 3.8) is 0 Å². The van der Waals surface area contributed by atoms with E-state index in [2.05, 4.69) is 68.3 Å². The lowest BCUT2D eigenvalue weighted by atomic mass is 9.71. The van der Waals surface area contributed by atoms with Gasteiger partial charge in [-0.15, -0.1) is 0 Å². The molecule has 0 fully saturated rings. The van der Waals surface area contributed by atoms with Crippen molar-refractivity contribution in [2.75, 3.05) is 0 Å². The number of alkyl halides is 2. The third-order valence-corrected chi connectivity index (χ3v) is 6.31. The van der Waals surface area contributed by atoms with E-state index in [1.807, 2.05) is 0 Å². The van der Waals surface area contributed by atoms with Gasteiger partial charge in [0.15, 0.2) is 0 Å². The summed E-state index contributed by atoms with van der Waals surface area (Å²) in [6.07, 6.45) is 0. The monoisotopic (exact) mass is 334 g/mol. The molecule has 0 radical (unpaired) electrons. The lowest BCUT2D eigenvalue weighted by Crippen LogP contribution is -2.19. The van der Waals surface area contributed by atoms with Gasteiger partial charge >= 0.3 is 0 Å². The molecular formula is C14H8Br2. The highest BCUT2D eigenvalue weighted by molar-refractivity contribution is 9.12. The van der Waals surface area contributed by atoms with Gasteiger partial charge in [-0.25, -0.2) is 0 Å². The van der Waals surface area contributed by atoms with E-state index in [9.17, 15) is 0 Å². The smallest absolute Gasteiger partial charge is 0.0570 e. The molecule has 16 heavy (non-hydrogen) atoms. The second-order valence-electron chi connectivity index (χ2n) is 4.34. The Bertz CT molecular complexity index is 616. The van der Waals surface area contributed by atoms with E-state index in [1.165, 1.54) is 33.4 Å². The second kappa shape index (κ2) is 2.99. The van der Waals surface area contributed by atoms with Crippen LogP contribution in [0, 0.1) is 0 Å². The van der Waals surface area contributed by atoms with Crippen molar-refractivity contribution in [3.05, 3.63) is 47.5 Å². The first-order valence-corrected chi connectivity index (χ1v) is 7.17. The average molecular weight is 336 g/mol. The molecule has 0 saturated carbocycles. The molecule has 0 nitrogen and oxygen atoms in total. The minimum absolute atomic E-state index is 0.464. The van der Waals surface area contributed by atoms with Gasteiger partial charge in [-0.2, -0.15) is 0 Å². The zero-order valence-corrected chi connectivity index (χ0v) is 11.5. The molecule has 2 aromatic carbocycles. The van der Waals surface area contributed by atoms with Crippen molar-refractivity contribution in [1.29, 1.82) is 0 Å². The fourth-order valence-corrected chi connectivity index (χ4v) is 4.21. The summed E-state index contributed by atoms with van der Waals surface area (Å²) < 4.78 is 0. The summed E-state index contributed by atoms with van der Waals surface area (Å²) in [5.74, 6) is 0. The molecule has 4 rings (SSSR count). The third-order valence-electron chi connectivity index (χ3n) is 3.60. The van der Waals surface area contributed by atoms with Gasteiger partial charge in [-0.05, 0) is 33.4 Å². The average Bonchev–Trinajstić information content (AvgIpc) is 2.33. The minimum atomic E-state index is 0.464. The number of benzene rings is 2. The molecule has 0 aliphatic heterocycles. The molecule has 0 aromatic heterocycles. The molecule has 2 heteroatoms. The van der Waals surface area contributed by atoms with E-state index >= 15 is 0 Å². The summed E-state index contributed by atoms with van der Waals surface area (Å²) in [7, 11) is 0. The molecule has 0 unspecified atom stereocenters. The maximum absolute atomic E-state index is 3.75. The highest BCUT2D eigenvalue weighted by atomic mass is 79.9. The van der Waals surface area contributed by atoms with Crippen molar-refractivity contribution in [2.45, 2.75) is 9.65 Å². The Morgan fingerprint density at radius 2 is 1.50 bits per heavy atom. The number of fused-ring (bicyclic) bond motifs is 6. The first-order chi connectivity index (χ1) is 7.79.